The highest BCUT2D eigenvalue weighted by Gasteiger charge is 2.14. The number of hydrogen-bond donors (Lipinski definition) is 3. The fraction of sp³-hybridized carbons (Fsp3) is 0.333. The molecule has 0 bridgehead atoms. The van der Waals surface area contributed by atoms with E-state index in [0.717, 1.165) is 0 Å². The molecule has 0 aliphatic rings. The van der Waals surface area contributed by atoms with Gasteiger partial charge in [-0.2, -0.15) is 0 Å². The van der Waals surface area contributed by atoms with Crippen LogP contribution >= 0.6 is 12.2 Å². The van der Waals surface area contributed by atoms with Crippen LogP contribution in [0.15, 0.2) is 18.2 Å². The Labute approximate surface area is 112 Å². The highest BCUT2D eigenvalue weighted by atomic mass is 32.1. The molecule has 1 unspecified atom stereocenters. The van der Waals surface area contributed by atoms with E-state index in [1.807, 2.05) is 0 Å². The molecule has 18 heavy (non-hydrogen) atoms. The number of carbonyl (C=O) groups is 1. The Morgan fingerprint density at radius 2 is 2.17 bits per heavy atom. The third kappa shape index (κ3) is 3.33. The van der Waals surface area contributed by atoms with Gasteiger partial charge in [-0.25, -0.2) is 0 Å². The van der Waals surface area contributed by atoms with Crippen LogP contribution in [0.1, 0.15) is 12.5 Å². The van der Waals surface area contributed by atoms with Gasteiger partial charge in [-0.1, -0.05) is 12.2 Å². The molecule has 1 rings (SSSR count). The predicted molar refractivity (Wildman–Crippen MR) is 76.0 cm³/mol. The smallest absolute Gasteiger partial charge is 0.241 e. The molecule has 0 radical (unpaired) electrons. The van der Waals surface area contributed by atoms with Crippen LogP contribution in [0, 0.1) is 0 Å². The Morgan fingerprint density at radius 1 is 1.50 bits per heavy atom. The predicted octanol–water partition coefficient (Wildman–Crippen LogP) is 0.876. The summed E-state index contributed by atoms with van der Waals surface area (Å²) >= 11 is 4.97. The van der Waals surface area contributed by atoms with E-state index in [0.29, 0.717) is 17.0 Å². The van der Waals surface area contributed by atoms with Gasteiger partial charge in [0.05, 0.1) is 7.11 Å². The molecule has 0 spiro atoms. The maximum Gasteiger partial charge on any atom is 0.241 e. The van der Waals surface area contributed by atoms with E-state index in [1.54, 1.807) is 39.3 Å². The lowest BCUT2D eigenvalue weighted by molar-refractivity contribution is -0.121. The number of benzene rings is 1. The number of thiocarbonyl (C=S) groups is 1. The maximum atomic E-state index is 11.5. The highest BCUT2D eigenvalue weighted by molar-refractivity contribution is 7.80. The Kier molecular flexibility index (Phi) is 4.91. The quantitative estimate of drug-likeness (QED) is 0.690. The fourth-order valence-electron chi connectivity index (χ4n) is 1.50. The molecule has 98 valence electrons. The first-order valence-corrected chi connectivity index (χ1v) is 5.86. The molecule has 0 aromatic heterocycles. The van der Waals surface area contributed by atoms with Crippen molar-refractivity contribution in [2.45, 2.75) is 13.0 Å². The SMILES string of the molecule is CNC(=O)C(C)Nc1cc(OC)ccc1C(N)=S. The molecule has 0 heterocycles. The molecule has 1 aromatic carbocycles. The van der Waals surface area contributed by atoms with Crippen molar-refractivity contribution >= 4 is 28.8 Å². The van der Waals surface area contributed by atoms with Gasteiger partial charge < -0.3 is 21.1 Å². The zero-order valence-corrected chi connectivity index (χ0v) is 11.4. The number of nitrogens with one attached hydrogen (secondary N) is 2. The monoisotopic (exact) mass is 267 g/mol. The first-order valence-electron chi connectivity index (χ1n) is 5.45. The molecule has 1 atom stereocenters. The van der Waals surface area contributed by atoms with Crippen molar-refractivity contribution in [2.24, 2.45) is 5.73 Å². The van der Waals surface area contributed by atoms with Crippen LogP contribution in [0.4, 0.5) is 5.69 Å². The van der Waals surface area contributed by atoms with E-state index >= 15 is 0 Å². The van der Waals surface area contributed by atoms with Crippen molar-refractivity contribution in [1.29, 1.82) is 0 Å². The number of carbonyl (C=O) groups excluding carboxylic acids is 1. The zero-order valence-electron chi connectivity index (χ0n) is 10.6. The zero-order chi connectivity index (χ0) is 13.7. The summed E-state index contributed by atoms with van der Waals surface area (Å²) in [6, 6.07) is 4.90. The molecule has 0 aliphatic carbocycles. The molecule has 1 amide bonds. The normalized spacial score (nSPS) is 11.5. The van der Waals surface area contributed by atoms with Crippen LogP contribution in [-0.4, -0.2) is 31.1 Å². The van der Waals surface area contributed by atoms with Gasteiger partial charge in [-0.05, 0) is 19.1 Å². The molecule has 5 nitrogen and oxygen atoms in total. The minimum absolute atomic E-state index is 0.119. The number of nitrogens with two attached hydrogens (primary N) is 1. The summed E-state index contributed by atoms with van der Waals surface area (Å²) in [5, 5.41) is 5.62. The van der Waals surface area contributed by atoms with Crippen molar-refractivity contribution in [3.8, 4) is 5.75 Å². The van der Waals surface area contributed by atoms with Crippen LogP contribution < -0.4 is 21.1 Å². The topological polar surface area (TPSA) is 76.4 Å². The molecule has 4 N–H and O–H groups in total. The number of likely N-dealkylation sites (N-methyl/N-ethyl adjacent to an activating group) is 1. The maximum absolute atomic E-state index is 11.5. The minimum Gasteiger partial charge on any atom is -0.497 e. The molecule has 6 heteroatoms. The van der Waals surface area contributed by atoms with Gasteiger partial charge in [0.25, 0.3) is 0 Å². The Bertz CT molecular complexity index is 463. The van der Waals surface area contributed by atoms with Gasteiger partial charge in [0, 0.05) is 24.4 Å². The van der Waals surface area contributed by atoms with E-state index in [9.17, 15) is 4.79 Å². The minimum atomic E-state index is -0.393. The molecular formula is C12H17N3O2S. The Balaban J connectivity index is 3.04. The fourth-order valence-corrected chi connectivity index (χ4v) is 1.68. The average molecular weight is 267 g/mol. The molecule has 1 aromatic rings. The van der Waals surface area contributed by atoms with Crippen molar-refractivity contribution in [2.75, 3.05) is 19.5 Å². The van der Waals surface area contributed by atoms with Crippen LogP contribution in [-0.2, 0) is 4.79 Å². The number of anilines is 1. The van der Waals surface area contributed by atoms with Crippen molar-refractivity contribution in [3.05, 3.63) is 23.8 Å². The van der Waals surface area contributed by atoms with Crippen molar-refractivity contribution in [3.63, 3.8) is 0 Å². The van der Waals surface area contributed by atoms with Crippen molar-refractivity contribution < 1.29 is 9.53 Å². The second kappa shape index (κ2) is 6.20. The lowest BCUT2D eigenvalue weighted by Crippen LogP contribution is -2.35. The molecule has 0 saturated carbocycles. The second-order valence-corrected chi connectivity index (χ2v) is 4.20. The highest BCUT2D eigenvalue weighted by Crippen LogP contribution is 2.23. The van der Waals surface area contributed by atoms with Crippen LogP contribution in [0.5, 0.6) is 5.75 Å². The molecular weight excluding hydrogens is 250 g/mol. The number of amides is 1. The van der Waals surface area contributed by atoms with E-state index in [-0.39, 0.29) is 10.9 Å². The van der Waals surface area contributed by atoms with Gasteiger partial charge >= 0.3 is 0 Å². The number of ether oxygens (including phenoxy) is 1. The van der Waals surface area contributed by atoms with Crippen LogP contribution in [0.2, 0.25) is 0 Å². The first-order chi connectivity index (χ1) is 8.49. The lowest BCUT2D eigenvalue weighted by Gasteiger charge is -2.17. The van der Waals surface area contributed by atoms with Gasteiger partial charge in [0.15, 0.2) is 0 Å². The summed E-state index contributed by atoms with van der Waals surface area (Å²) in [6.45, 7) is 1.75. The summed E-state index contributed by atoms with van der Waals surface area (Å²) in [5.74, 6) is 0.549. The number of hydrogen-bond acceptors (Lipinski definition) is 4. The Hall–Kier alpha value is -1.82. The second-order valence-electron chi connectivity index (χ2n) is 3.76. The lowest BCUT2D eigenvalue weighted by atomic mass is 10.1. The van der Waals surface area contributed by atoms with Gasteiger partial charge in [-0.3, -0.25) is 4.79 Å². The summed E-state index contributed by atoms with van der Waals surface area (Å²) in [6.07, 6.45) is 0. The summed E-state index contributed by atoms with van der Waals surface area (Å²) in [4.78, 5) is 11.8. The first kappa shape index (κ1) is 14.2. The van der Waals surface area contributed by atoms with Crippen LogP contribution in [0.25, 0.3) is 0 Å². The molecule has 0 saturated heterocycles. The third-order valence-corrected chi connectivity index (χ3v) is 2.72. The van der Waals surface area contributed by atoms with E-state index in [2.05, 4.69) is 10.6 Å². The van der Waals surface area contributed by atoms with Crippen LogP contribution in [0.3, 0.4) is 0 Å². The number of rotatable bonds is 5. The molecule has 0 aliphatic heterocycles. The summed E-state index contributed by atoms with van der Waals surface area (Å²) in [7, 11) is 3.16. The summed E-state index contributed by atoms with van der Waals surface area (Å²) in [5.41, 5.74) is 7.00. The van der Waals surface area contributed by atoms with E-state index in [4.69, 9.17) is 22.7 Å². The van der Waals surface area contributed by atoms with E-state index < -0.39 is 6.04 Å². The average Bonchev–Trinajstić information content (AvgIpc) is 2.37. The van der Waals surface area contributed by atoms with Gasteiger partial charge in [0.1, 0.15) is 16.8 Å². The largest absolute Gasteiger partial charge is 0.497 e. The molecule has 0 fully saturated rings. The summed E-state index contributed by atoms with van der Waals surface area (Å²) < 4.78 is 5.13. The standard InChI is InChI=1S/C12H17N3O2S/c1-7(12(16)14-2)15-10-6-8(17-3)4-5-9(10)11(13)18/h4-7,15H,1-3H3,(H2,13,18)(H,14,16). The number of methoxy groups -OCH3 is 1. The van der Waals surface area contributed by atoms with Gasteiger partial charge in [0.2, 0.25) is 5.91 Å². The van der Waals surface area contributed by atoms with E-state index in [1.165, 1.54) is 0 Å². The Morgan fingerprint density at radius 3 is 2.67 bits per heavy atom. The van der Waals surface area contributed by atoms with Crippen molar-refractivity contribution in [1.82, 2.24) is 5.32 Å². The third-order valence-electron chi connectivity index (χ3n) is 2.50. The van der Waals surface area contributed by atoms with Gasteiger partial charge in [-0.15, -0.1) is 0 Å².